The predicted octanol–water partition coefficient (Wildman–Crippen LogP) is 6.34. The molecule has 0 saturated heterocycles. The van der Waals surface area contributed by atoms with Crippen molar-refractivity contribution >= 4 is 39.9 Å². The van der Waals surface area contributed by atoms with Crippen LogP contribution in [0, 0.1) is 5.92 Å². The van der Waals surface area contributed by atoms with Crippen molar-refractivity contribution in [3.05, 3.63) is 114 Å². The van der Waals surface area contributed by atoms with E-state index in [9.17, 15) is 9.59 Å². The molecule has 0 spiro atoms. The second kappa shape index (κ2) is 13.5. The minimum Gasteiger partial charge on any atom is -0.488 e. The first kappa shape index (κ1) is 28.4. The highest BCUT2D eigenvalue weighted by Crippen LogP contribution is 2.27. The van der Waals surface area contributed by atoms with E-state index in [2.05, 4.69) is 20.8 Å². The molecule has 214 valence electrons. The Morgan fingerprint density at radius 2 is 1.64 bits per heavy atom. The number of aromatic amines is 1. The Bertz CT molecular complexity index is 1690. The molecule has 4 aromatic carbocycles. The average molecular weight is 563 g/mol. The molecule has 1 aromatic heterocycles. The minimum atomic E-state index is -0.915. The maximum atomic E-state index is 13.4. The summed E-state index contributed by atoms with van der Waals surface area (Å²) in [5, 5.41) is 9.95. The SMILES string of the molecule is CC(C)COC(=O)N[C@@H](Cc1c[nH]c2ccccc12)C(=O)N/N=C\c1c(OCc2ccccc2)ccc2ccccc12. The molecule has 0 aliphatic heterocycles. The molecule has 8 heteroatoms. The van der Waals surface area contributed by atoms with E-state index in [4.69, 9.17) is 9.47 Å². The summed E-state index contributed by atoms with van der Waals surface area (Å²) in [7, 11) is 0. The third-order valence-corrected chi connectivity index (χ3v) is 6.79. The van der Waals surface area contributed by atoms with E-state index < -0.39 is 18.0 Å². The fraction of sp³-hybridized carbons (Fsp3) is 0.206. The molecule has 0 aliphatic carbocycles. The van der Waals surface area contributed by atoms with Gasteiger partial charge in [-0.1, -0.05) is 92.7 Å². The van der Waals surface area contributed by atoms with Crippen LogP contribution in [0.3, 0.4) is 0 Å². The van der Waals surface area contributed by atoms with Crippen molar-refractivity contribution in [2.75, 3.05) is 6.61 Å². The van der Waals surface area contributed by atoms with E-state index in [1.165, 1.54) is 0 Å². The molecule has 8 nitrogen and oxygen atoms in total. The van der Waals surface area contributed by atoms with Crippen molar-refractivity contribution in [3.63, 3.8) is 0 Å². The van der Waals surface area contributed by atoms with Crippen LogP contribution in [-0.4, -0.2) is 35.8 Å². The number of para-hydroxylation sites is 1. The van der Waals surface area contributed by atoms with Crippen molar-refractivity contribution < 1.29 is 19.1 Å². The standard InChI is InChI=1S/C34H34N4O4/c1-23(2)21-42-34(40)37-31(18-26-19-35-30-15-9-8-14-28(26)30)33(39)38-36-20-29-27-13-7-6-12-25(27)16-17-32(29)41-22-24-10-4-3-5-11-24/h3-17,19-20,23,31,35H,18,21-22H2,1-2H3,(H,37,40)(H,38,39)/b36-20-/t31-/m0/s1. The smallest absolute Gasteiger partial charge is 0.407 e. The van der Waals surface area contributed by atoms with Gasteiger partial charge >= 0.3 is 6.09 Å². The van der Waals surface area contributed by atoms with Gasteiger partial charge in [-0.25, -0.2) is 10.2 Å². The minimum absolute atomic E-state index is 0.167. The molecular weight excluding hydrogens is 528 g/mol. The molecule has 0 fully saturated rings. The Kier molecular flexibility index (Phi) is 9.13. The monoisotopic (exact) mass is 562 g/mol. The molecule has 0 saturated carbocycles. The van der Waals surface area contributed by atoms with E-state index in [-0.39, 0.29) is 18.9 Å². The quantitative estimate of drug-likeness (QED) is 0.129. The Morgan fingerprint density at radius 3 is 2.45 bits per heavy atom. The number of benzene rings is 4. The van der Waals surface area contributed by atoms with Gasteiger partial charge in [0.1, 0.15) is 18.4 Å². The Labute approximate surface area is 244 Å². The molecule has 0 radical (unpaired) electrons. The van der Waals surface area contributed by atoms with Crippen molar-refractivity contribution in [1.29, 1.82) is 0 Å². The van der Waals surface area contributed by atoms with Gasteiger partial charge in [0, 0.05) is 29.1 Å². The van der Waals surface area contributed by atoms with Crippen molar-refractivity contribution in [2.24, 2.45) is 11.0 Å². The predicted molar refractivity (Wildman–Crippen MR) is 166 cm³/mol. The number of alkyl carbamates (subject to hydrolysis) is 1. The van der Waals surface area contributed by atoms with Crippen LogP contribution in [0.2, 0.25) is 0 Å². The van der Waals surface area contributed by atoms with E-state index in [1.807, 2.05) is 111 Å². The number of aromatic nitrogens is 1. The lowest BCUT2D eigenvalue weighted by atomic mass is 10.0. The fourth-order valence-corrected chi connectivity index (χ4v) is 4.66. The van der Waals surface area contributed by atoms with Gasteiger partial charge in [0.05, 0.1) is 12.8 Å². The summed E-state index contributed by atoms with van der Waals surface area (Å²) in [5.74, 6) is 0.339. The van der Waals surface area contributed by atoms with E-state index in [0.717, 1.165) is 38.4 Å². The second-order valence-corrected chi connectivity index (χ2v) is 10.5. The maximum absolute atomic E-state index is 13.4. The highest BCUT2D eigenvalue weighted by atomic mass is 16.5. The molecule has 0 aliphatic rings. The molecule has 42 heavy (non-hydrogen) atoms. The lowest BCUT2D eigenvalue weighted by Crippen LogP contribution is -2.47. The number of hydrogen-bond donors (Lipinski definition) is 3. The van der Waals surface area contributed by atoms with Gasteiger partial charge in [-0.3, -0.25) is 4.79 Å². The zero-order valence-corrected chi connectivity index (χ0v) is 23.7. The van der Waals surface area contributed by atoms with Crippen LogP contribution in [0.25, 0.3) is 21.7 Å². The zero-order valence-electron chi connectivity index (χ0n) is 23.7. The van der Waals surface area contributed by atoms with Crippen LogP contribution >= 0.6 is 0 Å². The van der Waals surface area contributed by atoms with Gasteiger partial charge in [-0.15, -0.1) is 0 Å². The summed E-state index contributed by atoms with van der Waals surface area (Å²) in [4.78, 5) is 29.2. The molecule has 5 aromatic rings. The van der Waals surface area contributed by atoms with Gasteiger partial charge < -0.3 is 19.8 Å². The summed E-state index contributed by atoms with van der Waals surface area (Å²) in [5.41, 5.74) is 6.24. The first-order valence-corrected chi connectivity index (χ1v) is 14.0. The topological polar surface area (TPSA) is 105 Å². The molecule has 0 bridgehead atoms. The van der Waals surface area contributed by atoms with Gasteiger partial charge in [0.2, 0.25) is 0 Å². The fourth-order valence-electron chi connectivity index (χ4n) is 4.66. The Balaban J connectivity index is 1.36. The zero-order chi connectivity index (χ0) is 29.3. The summed E-state index contributed by atoms with van der Waals surface area (Å²) < 4.78 is 11.5. The number of rotatable bonds is 11. The Hall–Kier alpha value is -5.11. The molecule has 1 heterocycles. The van der Waals surface area contributed by atoms with Gasteiger partial charge in [0.25, 0.3) is 5.91 Å². The normalized spacial score (nSPS) is 12.1. The number of nitrogens with zero attached hydrogens (tertiary/aromatic N) is 1. The van der Waals surface area contributed by atoms with Crippen LogP contribution < -0.4 is 15.5 Å². The van der Waals surface area contributed by atoms with Crippen LogP contribution in [0.5, 0.6) is 5.75 Å². The highest BCUT2D eigenvalue weighted by Gasteiger charge is 2.23. The number of carbonyl (C=O) groups excluding carboxylic acids is 2. The molecule has 3 N–H and O–H groups in total. The van der Waals surface area contributed by atoms with E-state index in [0.29, 0.717) is 12.4 Å². The summed E-state index contributed by atoms with van der Waals surface area (Å²) in [6.45, 7) is 4.53. The lowest BCUT2D eigenvalue weighted by molar-refractivity contribution is -0.123. The number of H-pyrrole nitrogens is 1. The number of nitrogens with one attached hydrogen (secondary N) is 3. The van der Waals surface area contributed by atoms with Crippen LogP contribution in [-0.2, 0) is 22.6 Å². The third kappa shape index (κ3) is 7.14. The van der Waals surface area contributed by atoms with E-state index in [1.54, 1.807) is 6.21 Å². The highest BCUT2D eigenvalue weighted by molar-refractivity contribution is 6.02. The molecule has 5 rings (SSSR count). The number of amides is 2. The molecule has 1 atom stereocenters. The first-order valence-electron chi connectivity index (χ1n) is 14.0. The summed E-state index contributed by atoms with van der Waals surface area (Å²) in [6, 6.07) is 28.6. The van der Waals surface area contributed by atoms with Gasteiger partial charge in [0.15, 0.2) is 0 Å². The molecule has 0 unspecified atom stereocenters. The largest absolute Gasteiger partial charge is 0.488 e. The number of hydrogen-bond acceptors (Lipinski definition) is 5. The van der Waals surface area contributed by atoms with E-state index >= 15 is 0 Å². The van der Waals surface area contributed by atoms with Crippen molar-refractivity contribution in [1.82, 2.24) is 15.7 Å². The summed E-state index contributed by atoms with van der Waals surface area (Å²) in [6.07, 6.45) is 3.03. The maximum Gasteiger partial charge on any atom is 0.407 e. The van der Waals surface area contributed by atoms with Crippen molar-refractivity contribution in [2.45, 2.75) is 32.9 Å². The van der Waals surface area contributed by atoms with Crippen LogP contribution in [0.15, 0.2) is 102 Å². The number of hydrazone groups is 1. The molecule has 2 amide bonds. The average Bonchev–Trinajstić information content (AvgIpc) is 3.42. The van der Waals surface area contributed by atoms with Crippen LogP contribution in [0.4, 0.5) is 4.79 Å². The van der Waals surface area contributed by atoms with Crippen molar-refractivity contribution in [3.8, 4) is 5.75 Å². The van der Waals surface area contributed by atoms with Gasteiger partial charge in [-0.05, 0) is 39.9 Å². The first-order chi connectivity index (χ1) is 20.5. The van der Waals surface area contributed by atoms with Crippen LogP contribution in [0.1, 0.15) is 30.5 Å². The number of fused-ring (bicyclic) bond motifs is 2. The lowest BCUT2D eigenvalue weighted by Gasteiger charge is -2.17. The van der Waals surface area contributed by atoms with Gasteiger partial charge in [-0.2, -0.15) is 5.10 Å². The number of ether oxygens (including phenoxy) is 2. The second-order valence-electron chi connectivity index (χ2n) is 10.5. The molecular formula is C34H34N4O4. The Morgan fingerprint density at radius 1 is 0.905 bits per heavy atom. The number of carbonyl (C=O) groups is 2. The summed E-state index contributed by atoms with van der Waals surface area (Å²) >= 11 is 0. The third-order valence-electron chi connectivity index (χ3n) is 6.79.